The van der Waals surface area contributed by atoms with Crippen molar-refractivity contribution >= 4 is 5.69 Å². The Bertz CT molecular complexity index is 367. The number of aliphatic hydroxyl groups excluding tert-OH is 1. The minimum absolute atomic E-state index is 0.0139. The fraction of sp³-hybridized carbons (Fsp3) is 0.643. The fourth-order valence-electron chi connectivity index (χ4n) is 2.49. The van der Waals surface area contributed by atoms with Crippen LogP contribution in [0.15, 0.2) is 18.3 Å². The van der Waals surface area contributed by atoms with Crippen LogP contribution in [0, 0.1) is 5.92 Å². The molecule has 1 saturated heterocycles. The number of hydrogen-bond donors (Lipinski definition) is 2. The van der Waals surface area contributed by atoms with E-state index in [0.29, 0.717) is 5.92 Å². The normalized spacial score (nSPS) is 20.8. The summed E-state index contributed by atoms with van der Waals surface area (Å²) in [5.41, 5.74) is 7.87. The summed E-state index contributed by atoms with van der Waals surface area (Å²) < 4.78 is 0. The lowest BCUT2D eigenvalue weighted by molar-refractivity contribution is 0.110. The van der Waals surface area contributed by atoms with Gasteiger partial charge in [0.25, 0.3) is 0 Å². The molecule has 0 saturated carbocycles. The van der Waals surface area contributed by atoms with Gasteiger partial charge in [-0.3, -0.25) is 4.98 Å². The largest absolute Gasteiger partial charge is 0.393 e. The third-order valence-corrected chi connectivity index (χ3v) is 3.82. The Hall–Kier alpha value is -1.13. The van der Waals surface area contributed by atoms with Gasteiger partial charge in [0.05, 0.1) is 23.7 Å². The molecule has 18 heavy (non-hydrogen) atoms. The van der Waals surface area contributed by atoms with Gasteiger partial charge in [-0.15, -0.1) is 0 Å². The van der Waals surface area contributed by atoms with E-state index < -0.39 is 0 Å². The summed E-state index contributed by atoms with van der Waals surface area (Å²) in [4.78, 5) is 6.72. The molecule has 4 heteroatoms. The summed E-state index contributed by atoms with van der Waals surface area (Å²) in [6, 6.07) is 4.08. The van der Waals surface area contributed by atoms with Gasteiger partial charge in [0, 0.05) is 19.1 Å². The number of aromatic nitrogens is 1. The molecule has 1 aromatic rings. The molecule has 1 aliphatic rings. The summed E-state index contributed by atoms with van der Waals surface area (Å²) >= 11 is 0. The van der Waals surface area contributed by atoms with Crippen LogP contribution in [0.4, 0.5) is 5.69 Å². The molecule has 0 bridgehead atoms. The number of aliphatic hydroxyl groups is 1. The molecule has 1 aliphatic heterocycles. The maximum absolute atomic E-state index is 9.59. The van der Waals surface area contributed by atoms with Crippen LogP contribution in [0.3, 0.4) is 0 Å². The predicted octanol–water partition coefficient (Wildman–Crippen LogP) is 1.70. The Balaban J connectivity index is 1.97. The van der Waals surface area contributed by atoms with Crippen LogP contribution in [0.5, 0.6) is 0 Å². The molecule has 0 aromatic carbocycles. The van der Waals surface area contributed by atoms with E-state index in [9.17, 15) is 5.11 Å². The van der Waals surface area contributed by atoms with Crippen molar-refractivity contribution in [3.8, 4) is 0 Å². The van der Waals surface area contributed by atoms with E-state index in [1.54, 1.807) is 0 Å². The SMILES string of the molecule is CC(O)C1CCN(c2ccc([C@H](C)N)nc2)CC1. The summed E-state index contributed by atoms with van der Waals surface area (Å²) in [6.45, 7) is 5.82. The summed E-state index contributed by atoms with van der Waals surface area (Å²) in [7, 11) is 0. The number of pyridine rings is 1. The predicted molar refractivity (Wildman–Crippen MR) is 73.5 cm³/mol. The van der Waals surface area contributed by atoms with E-state index in [-0.39, 0.29) is 12.1 Å². The lowest BCUT2D eigenvalue weighted by Gasteiger charge is -2.34. The molecule has 1 unspecified atom stereocenters. The molecule has 2 rings (SSSR count). The average molecular weight is 249 g/mol. The first kappa shape index (κ1) is 13.3. The first-order valence-corrected chi connectivity index (χ1v) is 6.72. The number of rotatable bonds is 3. The molecule has 2 atom stereocenters. The van der Waals surface area contributed by atoms with E-state index in [0.717, 1.165) is 37.3 Å². The fourth-order valence-corrected chi connectivity index (χ4v) is 2.49. The smallest absolute Gasteiger partial charge is 0.0569 e. The van der Waals surface area contributed by atoms with E-state index in [4.69, 9.17) is 5.73 Å². The van der Waals surface area contributed by atoms with Crippen molar-refractivity contribution < 1.29 is 5.11 Å². The molecule has 1 fully saturated rings. The van der Waals surface area contributed by atoms with Crippen molar-refractivity contribution in [1.29, 1.82) is 0 Å². The van der Waals surface area contributed by atoms with Crippen molar-refractivity contribution in [2.45, 2.75) is 38.8 Å². The van der Waals surface area contributed by atoms with Crippen molar-refractivity contribution in [1.82, 2.24) is 4.98 Å². The van der Waals surface area contributed by atoms with Crippen molar-refractivity contribution in [3.63, 3.8) is 0 Å². The Kier molecular flexibility index (Phi) is 4.19. The van der Waals surface area contributed by atoms with Crippen LogP contribution in [-0.4, -0.2) is 29.3 Å². The van der Waals surface area contributed by atoms with Crippen LogP contribution in [0.25, 0.3) is 0 Å². The van der Waals surface area contributed by atoms with E-state index in [1.807, 2.05) is 26.1 Å². The van der Waals surface area contributed by atoms with Crippen molar-refractivity contribution in [2.24, 2.45) is 11.7 Å². The van der Waals surface area contributed by atoms with Gasteiger partial charge in [0.15, 0.2) is 0 Å². The van der Waals surface area contributed by atoms with Crippen molar-refractivity contribution in [3.05, 3.63) is 24.0 Å². The molecule has 0 spiro atoms. The zero-order valence-electron chi connectivity index (χ0n) is 11.2. The van der Waals surface area contributed by atoms with Crippen molar-refractivity contribution in [2.75, 3.05) is 18.0 Å². The Morgan fingerprint density at radius 2 is 2.00 bits per heavy atom. The van der Waals surface area contributed by atoms with Gasteiger partial charge in [-0.2, -0.15) is 0 Å². The van der Waals surface area contributed by atoms with Crippen LogP contribution in [-0.2, 0) is 0 Å². The zero-order chi connectivity index (χ0) is 13.1. The number of nitrogens with zero attached hydrogens (tertiary/aromatic N) is 2. The number of anilines is 1. The van der Waals surface area contributed by atoms with Crippen LogP contribution in [0.2, 0.25) is 0 Å². The first-order valence-electron chi connectivity index (χ1n) is 6.72. The molecule has 0 amide bonds. The second kappa shape index (κ2) is 5.67. The second-order valence-corrected chi connectivity index (χ2v) is 5.30. The van der Waals surface area contributed by atoms with Gasteiger partial charge < -0.3 is 15.7 Å². The summed E-state index contributed by atoms with van der Waals surface area (Å²) in [6.07, 6.45) is 3.81. The molecule has 2 heterocycles. The molecule has 1 aromatic heterocycles. The number of nitrogens with two attached hydrogens (primary N) is 1. The number of piperidine rings is 1. The third kappa shape index (κ3) is 3.00. The van der Waals surface area contributed by atoms with Crippen LogP contribution in [0.1, 0.15) is 38.4 Å². The van der Waals surface area contributed by atoms with E-state index in [2.05, 4.69) is 16.0 Å². The zero-order valence-corrected chi connectivity index (χ0v) is 11.2. The van der Waals surface area contributed by atoms with Crippen LogP contribution >= 0.6 is 0 Å². The second-order valence-electron chi connectivity index (χ2n) is 5.30. The average Bonchev–Trinajstić information content (AvgIpc) is 2.39. The molecule has 4 nitrogen and oxygen atoms in total. The highest BCUT2D eigenvalue weighted by atomic mass is 16.3. The minimum Gasteiger partial charge on any atom is -0.393 e. The van der Waals surface area contributed by atoms with Gasteiger partial charge in [-0.05, 0) is 44.7 Å². The number of hydrogen-bond acceptors (Lipinski definition) is 4. The molecular formula is C14H23N3O. The Morgan fingerprint density at radius 3 is 2.44 bits per heavy atom. The molecule has 100 valence electrons. The van der Waals surface area contributed by atoms with Gasteiger partial charge in [0.1, 0.15) is 0 Å². The van der Waals surface area contributed by atoms with Gasteiger partial charge >= 0.3 is 0 Å². The highest BCUT2D eigenvalue weighted by Crippen LogP contribution is 2.25. The van der Waals surface area contributed by atoms with E-state index in [1.165, 1.54) is 0 Å². The minimum atomic E-state index is -0.189. The molecule has 0 radical (unpaired) electrons. The monoisotopic (exact) mass is 249 g/mol. The Morgan fingerprint density at radius 1 is 1.33 bits per heavy atom. The van der Waals surface area contributed by atoms with E-state index >= 15 is 0 Å². The summed E-state index contributed by atoms with van der Waals surface area (Å²) in [5.74, 6) is 0.442. The maximum Gasteiger partial charge on any atom is 0.0569 e. The highest BCUT2D eigenvalue weighted by molar-refractivity contribution is 5.45. The highest BCUT2D eigenvalue weighted by Gasteiger charge is 2.22. The standard InChI is InChI=1S/C14H23N3O/c1-10(15)14-4-3-13(9-16-14)17-7-5-12(6-8-17)11(2)18/h3-4,9-12,18H,5-8,15H2,1-2H3/t10-,11?/m0/s1. The summed E-state index contributed by atoms with van der Waals surface area (Å²) in [5, 5.41) is 9.59. The third-order valence-electron chi connectivity index (χ3n) is 3.82. The lowest BCUT2D eigenvalue weighted by atomic mass is 9.92. The Labute approximate surface area is 109 Å². The van der Waals surface area contributed by atoms with Gasteiger partial charge in [-0.25, -0.2) is 0 Å². The molecule has 0 aliphatic carbocycles. The maximum atomic E-state index is 9.59. The topological polar surface area (TPSA) is 62.4 Å². The van der Waals surface area contributed by atoms with Gasteiger partial charge in [-0.1, -0.05) is 0 Å². The molecule has 3 N–H and O–H groups in total. The first-order chi connectivity index (χ1) is 8.58. The van der Waals surface area contributed by atoms with Gasteiger partial charge in [0.2, 0.25) is 0 Å². The molecular weight excluding hydrogens is 226 g/mol. The lowest BCUT2D eigenvalue weighted by Crippen LogP contribution is -2.37. The van der Waals surface area contributed by atoms with Crippen LogP contribution < -0.4 is 10.6 Å². The quantitative estimate of drug-likeness (QED) is 0.856.